The van der Waals surface area contributed by atoms with Crippen LogP contribution in [0.1, 0.15) is 39.5 Å². The number of halogens is 1. The van der Waals surface area contributed by atoms with Gasteiger partial charge in [-0.05, 0) is 38.5 Å². The number of hydrogen-bond acceptors (Lipinski definition) is 5. The molecule has 0 aliphatic heterocycles. The Balaban J connectivity index is 1.97. The van der Waals surface area contributed by atoms with Gasteiger partial charge in [-0.15, -0.1) is 0 Å². The number of anilines is 2. The summed E-state index contributed by atoms with van der Waals surface area (Å²) in [5.41, 5.74) is -0.762. The van der Waals surface area contributed by atoms with Crippen molar-refractivity contribution in [1.29, 1.82) is 0 Å². The third kappa shape index (κ3) is 3.79. The SMILES string of the molecule is CCNc1ncc(F)c(NCC2(O)CCC(C)CC2)n1. The molecule has 1 heterocycles. The first-order valence-corrected chi connectivity index (χ1v) is 7.25. The Morgan fingerprint density at radius 3 is 2.75 bits per heavy atom. The maximum absolute atomic E-state index is 13.7. The van der Waals surface area contributed by atoms with E-state index in [4.69, 9.17) is 0 Å². The van der Waals surface area contributed by atoms with Crippen LogP contribution in [0.4, 0.5) is 16.2 Å². The molecule has 1 aliphatic carbocycles. The van der Waals surface area contributed by atoms with Crippen LogP contribution in [-0.2, 0) is 0 Å². The van der Waals surface area contributed by atoms with Crippen molar-refractivity contribution in [2.24, 2.45) is 5.92 Å². The minimum Gasteiger partial charge on any atom is -0.388 e. The molecule has 0 spiro atoms. The first kappa shape index (κ1) is 15.0. The molecular weight excluding hydrogens is 259 g/mol. The Kier molecular flexibility index (Phi) is 4.75. The standard InChI is InChI=1S/C14H23FN4O/c1-3-16-13-17-8-11(15)12(19-13)18-9-14(20)6-4-10(2)5-7-14/h8,10,20H,3-7,9H2,1-2H3,(H2,16,17,18,19). The maximum atomic E-state index is 13.7. The Labute approximate surface area is 119 Å². The van der Waals surface area contributed by atoms with Gasteiger partial charge in [0.25, 0.3) is 0 Å². The predicted octanol–water partition coefficient (Wildman–Crippen LogP) is 2.40. The Hall–Kier alpha value is -1.43. The van der Waals surface area contributed by atoms with E-state index in [1.54, 1.807) is 0 Å². The molecule has 1 aliphatic rings. The summed E-state index contributed by atoms with van der Waals surface area (Å²) in [5.74, 6) is 0.689. The molecule has 6 heteroatoms. The average Bonchev–Trinajstić information content (AvgIpc) is 2.43. The van der Waals surface area contributed by atoms with Gasteiger partial charge in [0.15, 0.2) is 11.6 Å². The van der Waals surface area contributed by atoms with Crippen LogP contribution >= 0.6 is 0 Å². The van der Waals surface area contributed by atoms with E-state index in [1.165, 1.54) is 0 Å². The van der Waals surface area contributed by atoms with Crippen molar-refractivity contribution in [2.75, 3.05) is 23.7 Å². The highest BCUT2D eigenvalue weighted by Crippen LogP contribution is 2.32. The molecule has 0 aromatic carbocycles. The minimum atomic E-state index is -0.762. The first-order chi connectivity index (χ1) is 9.52. The van der Waals surface area contributed by atoms with Gasteiger partial charge in [0, 0.05) is 13.1 Å². The van der Waals surface area contributed by atoms with Crippen LogP contribution in [0.5, 0.6) is 0 Å². The average molecular weight is 282 g/mol. The number of rotatable bonds is 5. The molecule has 0 atom stereocenters. The van der Waals surface area contributed by atoms with Gasteiger partial charge < -0.3 is 15.7 Å². The van der Waals surface area contributed by atoms with Crippen molar-refractivity contribution >= 4 is 11.8 Å². The lowest BCUT2D eigenvalue weighted by atomic mass is 9.79. The molecule has 0 amide bonds. The van der Waals surface area contributed by atoms with Crippen LogP contribution in [0.3, 0.4) is 0 Å². The Morgan fingerprint density at radius 1 is 1.40 bits per heavy atom. The van der Waals surface area contributed by atoms with Gasteiger partial charge in [0.05, 0.1) is 11.8 Å². The molecule has 0 unspecified atom stereocenters. The van der Waals surface area contributed by atoms with E-state index in [0.29, 0.717) is 25.0 Å². The van der Waals surface area contributed by atoms with E-state index < -0.39 is 11.4 Å². The zero-order valence-corrected chi connectivity index (χ0v) is 12.1. The molecular formula is C14H23FN4O. The van der Waals surface area contributed by atoms with Crippen LogP contribution in [0.2, 0.25) is 0 Å². The molecule has 112 valence electrons. The Bertz CT molecular complexity index is 447. The van der Waals surface area contributed by atoms with Gasteiger partial charge in [0.2, 0.25) is 5.95 Å². The lowest BCUT2D eigenvalue weighted by Gasteiger charge is -2.35. The fourth-order valence-corrected chi connectivity index (χ4v) is 2.46. The van der Waals surface area contributed by atoms with Crippen LogP contribution in [-0.4, -0.2) is 33.8 Å². The molecule has 5 nitrogen and oxygen atoms in total. The van der Waals surface area contributed by atoms with E-state index >= 15 is 0 Å². The van der Waals surface area contributed by atoms with Gasteiger partial charge in [-0.25, -0.2) is 9.37 Å². The second kappa shape index (κ2) is 6.35. The van der Waals surface area contributed by atoms with Gasteiger partial charge in [-0.2, -0.15) is 4.98 Å². The zero-order chi connectivity index (χ0) is 14.6. The largest absolute Gasteiger partial charge is 0.388 e. The summed E-state index contributed by atoms with van der Waals surface area (Å²) < 4.78 is 13.7. The third-order valence-corrected chi connectivity index (χ3v) is 3.87. The van der Waals surface area contributed by atoms with Crippen molar-refractivity contribution in [1.82, 2.24) is 9.97 Å². The summed E-state index contributed by atoms with van der Waals surface area (Å²) in [7, 11) is 0. The number of aliphatic hydroxyl groups is 1. The molecule has 1 aromatic heterocycles. The van der Waals surface area contributed by atoms with Crippen molar-refractivity contribution in [3.63, 3.8) is 0 Å². The number of aromatic nitrogens is 2. The predicted molar refractivity (Wildman–Crippen MR) is 77.2 cm³/mol. The van der Waals surface area contributed by atoms with E-state index in [2.05, 4.69) is 27.5 Å². The van der Waals surface area contributed by atoms with E-state index in [-0.39, 0.29) is 5.82 Å². The first-order valence-electron chi connectivity index (χ1n) is 7.25. The summed E-state index contributed by atoms with van der Waals surface area (Å²) in [6, 6.07) is 0. The molecule has 0 radical (unpaired) electrons. The number of nitrogens with one attached hydrogen (secondary N) is 2. The lowest BCUT2D eigenvalue weighted by molar-refractivity contribution is 0.00490. The molecule has 3 N–H and O–H groups in total. The Morgan fingerprint density at radius 2 is 2.10 bits per heavy atom. The molecule has 0 bridgehead atoms. The second-order valence-corrected chi connectivity index (χ2v) is 5.68. The summed E-state index contributed by atoms with van der Waals surface area (Å²) in [6.45, 7) is 5.11. The topological polar surface area (TPSA) is 70.1 Å². The number of hydrogen-bond donors (Lipinski definition) is 3. The van der Waals surface area contributed by atoms with Crippen LogP contribution in [0.25, 0.3) is 0 Å². The monoisotopic (exact) mass is 282 g/mol. The summed E-state index contributed by atoms with van der Waals surface area (Å²) in [5, 5.41) is 16.3. The van der Waals surface area contributed by atoms with E-state index in [9.17, 15) is 9.50 Å². The van der Waals surface area contributed by atoms with Crippen LogP contribution in [0.15, 0.2) is 6.20 Å². The van der Waals surface area contributed by atoms with Gasteiger partial charge in [-0.3, -0.25) is 0 Å². The zero-order valence-electron chi connectivity index (χ0n) is 12.1. The van der Waals surface area contributed by atoms with E-state index in [1.807, 2.05) is 6.92 Å². The highest BCUT2D eigenvalue weighted by molar-refractivity contribution is 5.41. The molecule has 1 aromatic rings. The lowest BCUT2D eigenvalue weighted by Crippen LogP contribution is -2.40. The highest BCUT2D eigenvalue weighted by atomic mass is 19.1. The van der Waals surface area contributed by atoms with Crippen LogP contribution < -0.4 is 10.6 Å². The summed E-state index contributed by atoms with van der Waals surface area (Å²) in [4.78, 5) is 7.92. The number of nitrogens with zero attached hydrogens (tertiary/aromatic N) is 2. The fraction of sp³-hybridized carbons (Fsp3) is 0.714. The van der Waals surface area contributed by atoms with Gasteiger partial charge in [0.1, 0.15) is 0 Å². The summed E-state index contributed by atoms with van der Waals surface area (Å²) in [6.07, 6.45) is 4.64. The van der Waals surface area contributed by atoms with Crippen molar-refractivity contribution in [3.8, 4) is 0 Å². The highest BCUT2D eigenvalue weighted by Gasteiger charge is 2.31. The van der Waals surface area contributed by atoms with Crippen LogP contribution in [0, 0.1) is 11.7 Å². The van der Waals surface area contributed by atoms with Crippen molar-refractivity contribution in [2.45, 2.75) is 45.1 Å². The smallest absolute Gasteiger partial charge is 0.224 e. The molecule has 20 heavy (non-hydrogen) atoms. The van der Waals surface area contributed by atoms with Crippen molar-refractivity contribution in [3.05, 3.63) is 12.0 Å². The molecule has 1 saturated carbocycles. The quantitative estimate of drug-likeness (QED) is 0.773. The van der Waals surface area contributed by atoms with Crippen molar-refractivity contribution < 1.29 is 9.50 Å². The van der Waals surface area contributed by atoms with Gasteiger partial charge >= 0.3 is 0 Å². The maximum Gasteiger partial charge on any atom is 0.224 e. The summed E-state index contributed by atoms with van der Waals surface area (Å²) >= 11 is 0. The van der Waals surface area contributed by atoms with Gasteiger partial charge in [-0.1, -0.05) is 6.92 Å². The minimum absolute atomic E-state index is 0.142. The molecule has 0 saturated heterocycles. The third-order valence-electron chi connectivity index (χ3n) is 3.87. The van der Waals surface area contributed by atoms with E-state index in [0.717, 1.165) is 31.9 Å². The fourth-order valence-electron chi connectivity index (χ4n) is 2.46. The second-order valence-electron chi connectivity index (χ2n) is 5.68. The molecule has 1 fully saturated rings. The molecule has 2 rings (SSSR count). The normalized spacial score (nSPS) is 26.3.